The number of carbonyl (C=O) groups is 1. The van der Waals surface area contributed by atoms with Crippen molar-refractivity contribution in [2.75, 3.05) is 46.2 Å². The minimum absolute atomic E-state index is 0.159. The van der Waals surface area contributed by atoms with E-state index in [4.69, 9.17) is 18.9 Å². The molecule has 5 heteroatoms. The lowest BCUT2D eigenvalue weighted by molar-refractivity contribution is -0.143. The van der Waals surface area contributed by atoms with E-state index in [1.54, 1.807) is 6.92 Å². The minimum atomic E-state index is -0.159. The Hall–Kier alpha value is -0.650. The second-order valence-corrected chi connectivity index (χ2v) is 4.81. The van der Waals surface area contributed by atoms with Gasteiger partial charge in [0.15, 0.2) is 0 Å². The summed E-state index contributed by atoms with van der Waals surface area (Å²) >= 11 is 0. The van der Waals surface area contributed by atoms with Crippen LogP contribution < -0.4 is 0 Å². The topological polar surface area (TPSA) is 54.0 Å². The molecule has 0 aromatic carbocycles. The second kappa shape index (κ2) is 17.4. The number of hydrogen-bond donors (Lipinski definition) is 0. The van der Waals surface area contributed by atoms with Gasteiger partial charge in [0.2, 0.25) is 0 Å². The van der Waals surface area contributed by atoms with E-state index < -0.39 is 0 Å². The molecule has 0 aliphatic rings. The summed E-state index contributed by atoms with van der Waals surface area (Å²) in [5, 5.41) is 0. The summed E-state index contributed by atoms with van der Waals surface area (Å²) in [7, 11) is 0. The van der Waals surface area contributed by atoms with Crippen molar-refractivity contribution in [2.24, 2.45) is 0 Å². The number of ether oxygens (including phenoxy) is 4. The van der Waals surface area contributed by atoms with Gasteiger partial charge in [0.05, 0.1) is 33.0 Å². The van der Waals surface area contributed by atoms with E-state index in [-0.39, 0.29) is 5.97 Å². The number of rotatable bonds is 16. The maximum atomic E-state index is 11.0. The molecular weight excluding hydrogens is 272 g/mol. The van der Waals surface area contributed by atoms with Crippen LogP contribution in [-0.4, -0.2) is 52.2 Å². The van der Waals surface area contributed by atoms with Crippen LogP contribution in [0.5, 0.6) is 0 Å². The van der Waals surface area contributed by atoms with Gasteiger partial charge in [0, 0.05) is 19.6 Å². The molecule has 0 unspecified atom stereocenters. The third kappa shape index (κ3) is 17.3. The molecule has 0 saturated carbocycles. The Bertz CT molecular complexity index is 221. The first-order valence-corrected chi connectivity index (χ1v) is 8.20. The van der Waals surface area contributed by atoms with Gasteiger partial charge in [-0.15, -0.1) is 0 Å². The third-order valence-corrected chi connectivity index (χ3v) is 2.86. The zero-order chi connectivity index (χ0) is 15.6. The van der Waals surface area contributed by atoms with Crippen LogP contribution in [0.3, 0.4) is 0 Å². The lowest BCUT2D eigenvalue weighted by atomic mass is 10.2. The van der Waals surface area contributed by atoms with Crippen LogP contribution in [0.2, 0.25) is 0 Å². The Morgan fingerprint density at radius 3 is 1.86 bits per heavy atom. The highest BCUT2D eigenvalue weighted by molar-refractivity contribution is 5.69. The van der Waals surface area contributed by atoms with Gasteiger partial charge in [-0.25, -0.2) is 0 Å². The van der Waals surface area contributed by atoms with Crippen molar-refractivity contribution in [1.29, 1.82) is 0 Å². The Morgan fingerprint density at radius 1 is 0.714 bits per heavy atom. The molecule has 0 aliphatic carbocycles. The maximum Gasteiger partial charge on any atom is 0.305 e. The molecule has 0 atom stereocenters. The van der Waals surface area contributed by atoms with E-state index in [0.29, 0.717) is 52.5 Å². The van der Waals surface area contributed by atoms with Gasteiger partial charge in [-0.3, -0.25) is 4.79 Å². The molecule has 0 rings (SSSR count). The van der Waals surface area contributed by atoms with E-state index in [2.05, 4.69) is 6.92 Å². The summed E-state index contributed by atoms with van der Waals surface area (Å²) in [6, 6.07) is 0. The predicted molar refractivity (Wildman–Crippen MR) is 82.5 cm³/mol. The van der Waals surface area contributed by atoms with Gasteiger partial charge in [0.1, 0.15) is 0 Å². The highest BCUT2D eigenvalue weighted by Gasteiger charge is 2.00. The fourth-order valence-corrected chi connectivity index (χ4v) is 1.72. The number of hydrogen-bond acceptors (Lipinski definition) is 5. The van der Waals surface area contributed by atoms with Gasteiger partial charge in [0.25, 0.3) is 0 Å². The summed E-state index contributed by atoms with van der Waals surface area (Å²) in [5.74, 6) is -0.159. The molecular formula is C16H32O5. The molecule has 0 aliphatic heterocycles. The van der Waals surface area contributed by atoms with Crippen LogP contribution in [0.4, 0.5) is 0 Å². The lowest BCUT2D eigenvalue weighted by Crippen LogP contribution is -2.11. The Labute approximate surface area is 129 Å². The molecule has 0 heterocycles. The van der Waals surface area contributed by atoms with Crippen molar-refractivity contribution >= 4 is 5.97 Å². The van der Waals surface area contributed by atoms with E-state index >= 15 is 0 Å². The fourth-order valence-electron chi connectivity index (χ4n) is 1.72. The third-order valence-electron chi connectivity index (χ3n) is 2.86. The monoisotopic (exact) mass is 304 g/mol. The van der Waals surface area contributed by atoms with Crippen molar-refractivity contribution in [3.63, 3.8) is 0 Å². The molecule has 0 fully saturated rings. The van der Waals surface area contributed by atoms with E-state index in [1.165, 1.54) is 19.3 Å². The molecule has 0 aromatic rings. The largest absolute Gasteiger partial charge is 0.466 e. The van der Waals surface area contributed by atoms with Crippen molar-refractivity contribution in [1.82, 2.24) is 0 Å². The van der Waals surface area contributed by atoms with Gasteiger partial charge >= 0.3 is 5.97 Å². The molecule has 0 N–H and O–H groups in total. The highest BCUT2D eigenvalue weighted by Crippen LogP contribution is 1.98. The molecule has 126 valence electrons. The standard InChI is InChI=1S/C16H32O5/c1-3-5-6-7-10-18-12-14-20-15-13-19-11-8-9-16(17)21-4-2/h3-15H2,1-2H3. The van der Waals surface area contributed by atoms with Crippen LogP contribution in [0, 0.1) is 0 Å². The average molecular weight is 304 g/mol. The van der Waals surface area contributed by atoms with Gasteiger partial charge in [-0.05, 0) is 19.8 Å². The van der Waals surface area contributed by atoms with Crippen LogP contribution in [0.15, 0.2) is 0 Å². The summed E-state index contributed by atoms with van der Waals surface area (Å²) in [6.45, 7) is 8.22. The van der Waals surface area contributed by atoms with Crippen molar-refractivity contribution < 1.29 is 23.7 Å². The molecule has 0 aromatic heterocycles. The van der Waals surface area contributed by atoms with Crippen LogP contribution in [-0.2, 0) is 23.7 Å². The Kier molecular flexibility index (Phi) is 16.9. The zero-order valence-electron chi connectivity index (χ0n) is 13.7. The highest BCUT2D eigenvalue weighted by atomic mass is 16.5. The molecule has 0 radical (unpaired) electrons. The van der Waals surface area contributed by atoms with Gasteiger partial charge < -0.3 is 18.9 Å². The summed E-state index contributed by atoms with van der Waals surface area (Å²) in [6.07, 6.45) is 6.03. The van der Waals surface area contributed by atoms with Crippen molar-refractivity contribution in [3.8, 4) is 0 Å². The van der Waals surface area contributed by atoms with Gasteiger partial charge in [-0.2, -0.15) is 0 Å². The van der Waals surface area contributed by atoms with E-state index in [9.17, 15) is 4.79 Å². The predicted octanol–water partition coefficient (Wildman–Crippen LogP) is 2.96. The Morgan fingerprint density at radius 2 is 1.29 bits per heavy atom. The van der Waals surface area contributed by atoms with Crippen LogP contribution >= 0.6 is 0 Å². The van der Waals surface area contributed by atoms with Gasteiger partial charge in [-0.1, -0.05) is 26.2 Å². The normalized spacial score (nSPS) is 10.8. The average Bonchev–Trinajstić information content (AvgIpc) is 2.48. The number of unbranched alkanes of at least 4 members (excludes halogenated alkanes) is 3. The van der Waals surface area contributed by atoms with E-state index in [1.807, 2.05) is 0 Å². The molecule has 0 bridgehead atoms. The zero-order valence-corrected chi connectivity index (χ0v) is 13.7. The summed E-state index contributed by atoms with van der Waals surface area (Å²) in [4.78, 5) is 11.0. The summed E-state index contributed by atoms with van der Waals surface area (Å²) < 4.78 is 21.0. The minimum Gasteiger partial charge on any atom is -0.466 e. The number of esters is 1. The molecule has 5 nitrogen and oxygen atoms in total. The Balaban J connectivity index is 3.01. The van der Waals surface area contributed by atoms with Crippen molar-refractivity contribution in [2.45, 2.75) is 52.4 Å². The summed E-state index contributed by atoms with van der Waals surface area (Å²) in [5.41, 5.74) is 0. The van der Waals surface area contributed by atoms with Crippen LogP contribution in [0.25, 0.3) is 0 Å². The first-order chi connectivity index (χ1) is 10.3. The first-order valence-electron chi connectivity index (χ1n) is 8.20. The maximum absolute atomic E-state index is 11.0. The number of carbonyl (C=O) groups excluding carboxylic acids is 1. The molecule has 0 amide bonds. The smallest absolute Gasteiger partial charge is 0.305 e. The second-order valence-electron chi connectivity index (χ2n) is 4.81. The van der Waals surface area contributed by atoms with Crippen LogP contribution in [0.1, 0.15) is 52.4 Å². The van der Waals surface area contributed by atoms with E-state index in [0.717, 1.165) is 13.0 Å². The molecule has 0 saturated heterocycles. The van der Waals surface area contributed by atoms with Crippen molar-refractivity contribution in [3.05, 3.63) is 0 Å². The SMILES string of the molecule is CCCCCCOCCOCCOCCCC(=O)OCC. The molecule has 0 spiro atoms. The quantitative estimate of drug-likeness (QED) is 0.324. The fraction of sp³-hybridized carbons (Fsp3) is 0.938. The first kappa shape index (κ1) is 20.3. The molecule has 21 heavy (non-hydrogen) atoms. The lowest BCUT2D eigenvalue weighted by Gasteiger charge is -2.07.